The van der Waals surface area contributed by atoms with Crippen molar-refractivity contribution < 1.29 is 19.4 Å². The van der Waals surface area contributed by atoms with Crippen molar-refractivity contribution in [3.63, 3.8) is 0 Å². The van der Waals surface area contributed by atoms with Crippen LogP contribution in [0.2, 0.25) is 0 Å². The Bertz CT molecular complexity index is 668. The van der Waals surface area contributed by atoms with Crippen LogP contribution < -0.4 is 4.74 Å². The summed E-state index contributed by atoms with van der Waals surface area (Å²) >= 11 is 0. The van der Waals surface area contributed by atoms with Crippen molar-refractivity contribution in [2.24, 2.45) is 5.41 Å². The summed E-state index contributed by atoms with van der Waals surface area (Å²) in [4.78, 5) is 28.4. The molecular weight excluding hydrogens is 344 g/mol. The molecule has 2 amide bonds. The predicted octanol–water partition coefficient (Wildman–Crippen LogP) is 1.85. The zero-order valence-corrected chi connectivity index (χ0v) is 16.2. The predicted molar refractivity (Wildman–Crippen MR) is 102 cm³/mol. The first kappa shape index (κ1) is 19.7. The van der Waals surface area contributed by atoms with Gasteiger partial charge in [0.15, 0.2) is 0 Å². The van der Waals surface area contributed by atoms with E-state index in [-0.39, 0.29) is 23.8 Å². The van der Waals surface area contributed by atoms with Gasteiger partial charge in [0.1, 0.15) is 5.75 Å². The summed E-state index contributed by atoms with van der Waals surface area (Å²) in [6.07, 6.45) is 4.56. The smallest absolute Gasteiger partial charge is 0.222 e. The van der Waals surface area contributed by atoms with Crippen molar-refractivity contribution in [2.75, 3.05) is 39.9 Å². The fraction of sp³-hybridized carbons (Fsp3) is 0.619. The Morgan fingerprint density at radius 2 is 2.04 bits per heavy atom. The molecule has 0 aliphatic carbocycles. The van der Waals surface area contributed by atoms with Crippen LogP contribution >= 0.6 is 0 Å². The van der Waals surface area contributed by atoms with Crippen molar-refractivity contribution in [2.45, 2.75) is 38.5 Å². The van der Waals surface area contributed by atoms with E-state index in [0.717, 1.165) is 56.6 Å². The van der Waals surface area contributed by atoms with Crippen LogP contribution in [-0.4, -0.2) is 66.6 Å². The van der Waals surface area contributed by atoms with Crippen LogP contribution in [0.15, 0.2) is 24.3 Å². The van der Waals surface area contributed by atoms with Crippen molar-refractivity contribution in [3.8, 4) is 5.75 Å². The van der Waals surface area contributed by atoms with E-state index >= 15 is 0 Å². The molecule has 0 unspecified atom stereocenters. The van der Waals surface area contributed by atoms with Gasteiger partial charge < -0.3 is 19.6 Å². The quantitative estimate of drug-likeness (QED) is 0.825. The molecular formula is C21H30N2O4. The van der Waals surface area contributed by atoms with Crippen LogP contribution in [0.3, 0.4) is 0 Å². The average Bonchev–Trinajstić information content (AvgIpc) is 2.70. The number of hydrogen-bond acceptors (Lipinski definition) is 4. The zero-order chi connectivity index (χ0) is 19.3. The number of carbonyl (C=O) groups excluding carboxylic acids is 2. The first-order chi connectivity index (χ1) is 13.0. The first-order valence-corrected chi connectivity index (χ1v) is 9.85. The summed E-state index contributed by atoms with van der Waals surface area (Å²) in [6, 6.07) is 7.86. The molecule has 148 valence electrons. The minimum atomic E-state index is 0.0106. The van der Waals surface area contributed by atoms with Crippen LogP contribution in [0.1, 0.15) is 37.7 Å². The lowest BCUT2D eigenvalue weighted by molar-refractivity contribution is -0.143. The highest BCUT2D eigenvalue weighted by Crippen LogP contribution is 2.40. The summed E-state index contributed by atoms with van der Waals surface area (Å²) in [5.74, 6) is 1.16. The van der Waals surface area contributed by atoms with Crippen molar-refractivity contribution in [3.05, 3.63) is 29.8 Å². The van der Waals surface area contributed by atoms with E-state index in [1.807, 2.05) is 29.2 Å². The van der Waals surface area contributed by atoms with Crippen LogP contribution in [0.4, 0.5) is 0 Å². The van der Waals surface area contributed by atoms with Crippen LogP contribution in [-0.2, 0) is 16.0 Å². The van der Waals surface area contributed by atoms with Gasteiger partial charge >= 0.3 is 0 Å². The van der Waals surface area contributed by atoms with Gasteiger partial charge in [0.2, 0.25) is 11.8 Å². The topological polar surface area (TPSA) is 70.1 Å². The highest BCUT2D eigenvalue weighted by Gasteiger charge is 2.41. The monoisotopic (exact) mass is 374 g/mol. The van der Waals surface area contributed by atoms with E-state index in [1.54, 1.807) is 12.0 Å². The van der Waals surface area contributed by atoms with Crippen molar-refractivity contribution in [1.29, 1.82) is 0 Å². The number of hydrogen-bond donors (Lipinski definition) is 1. The van der Waals surface area contributed by atoms with Crippen LogP contribution in [0.25, 0.3) is 0 Å². The van der Waals surface area contributed by atoms with E-state index in [4.69, 9.17) is 9.84 Å². The van der Waals surface area contributed by atoms with Crippen molar-refractivity contribution in [1.82, 2.24) is 9.80 Å². The summed E-state index contributed by atoms with van der Waals surface area (Å²) in [7, 11) is 1.65. The summed E-state index contributed by atoms with van der Waals surface area (Å²) < 4.78 is 5.24. The number of piperidine rings is 2. The van der Waals surface area contributed by atoms with Gasteiger partial charge in [-0.05, 0) is 48.8 Å². The highest BCUT2D eigenvalue weighted by atomic mass is 16.5. The molecule has 2 saturated heterocycles. The van der Waals surface area contributed by atoms with Gasteiger partial charge in [-0.3, -0.25) is 9.59 Å². The number of aliphatic hydroxyl groups is 1. The largest absolute Gasteiger partial charge is 0.497 e. The number of aliphatic hydroxyl groups excluding tert-OH is 1. The first-order valence-electron chi connectivity index (χ1n) is 9.85. The van der Waals surface area contributed by atoms with E-state index in [0.29, 0.717) is 19.4 Å². The van der Waals surface area contributed by atoms with E-state index < -0.39 is 0 Å². The Labute approximate surface area is 161 Å². The third-order valence-electron chi connectivity index (χ3n) is 6.06. The zero-order valence-electron chi connectivity index (χ0n) is 16.2. The summed E-state index contributed by atoms with van der Waals surface area (Å²) in [5, 5.41) is 9.17. The Morgan fingerprint density at radius 1 is 1.26 bits per heavy atom. The Hall–Kier alpha value is -2.08. The van der Waals surface area contributed by atoms with Crippen LogP contribution in [0.5, 0.6) is 5.75 Å². The Balaban J connectivity index is 1.49. The lowest BCUT2D eigenvalue weighted by Gasteiger charge is -2.47. The average molecular weight is 374 g/mol. The number of methoxy groups -OCH3 is 1. The maximum Gasteiger partial charge on any atom is 0.222 e. The molecule has 2 aliphatic heterocycles. The maximum absolute atomic E-state index is 12.6. The molecule has 0 aromatic heterocycles. The molecule has 6 heteroatoms. The molecule has 0 saturated carbocycles. The molecule has 6 nitrogen and oxygen atoms in total. The number of rotatable bonds is 6. The van der Waals surface area contributed by atoms with Gasteiger partial charge in [0.25, 0.3) is 0 Å². The minimum Gasteiger partial charge on any atom is -0.497 e. The standard InChI is InChI=1S/C21H30N2O4/c1-27-18-4-2-3-17(15-18)5-6-19(25)22-11-9-21(10-12-22)8-7-20(26)23(16-21)13-14-24/h2-4,15,24H,5-14,16H2,1H3. The molecule has 2 aliphatic rings. The molecule has 1 N–H and O–H groups in total. The number of nitrogens with zero attached hydrogens (tertiary/aromatic N) is 2. The summed E-state index contributed by atoms with van der Waals surface area (Å²) in [6.45, 7) is 2.68. The SMILES string of the molecule is COc1cccc(CCC(=O)N2CCC3(CCC(=O)N(CCO)C3)CC2)c1. The van der Waals surface area contributed by atoms with Gasteiger partial charge in [0.05, 0.1) is 13.7 Å². The normalized spacial score (nSPS) is 19.4. The molecule has 3 rings (SSSR count). The number of amides is 2. The molecule has 0 bridgehead atoms. The molecule has 0 atom stereocenters. The molecule has 1 spiro atoms. The van der Waals surface area contributed by atoms with Gasteiger partial charge in [-0.1, -0.05) is 12.1 Å². The van der Waals surface area contributed by atoms with Gasteiger partial charge in [-0.2, -0.15) is 0 Å². The number of carbonyl (C=O) groups is 2. The minimum absolute atomic E-state index is 0.0106. The molecule has 2 fully saturated rings. The molecule has 27 heavy (non-hydrogen) atoms. The second-order valence-corrected chi connectivity index (χ2v) is 7.77. The van der Waals surface area contributed by atoms with Crippen LogP contribution in [0, 0.1) is 5.41 Å². The fourth-order valence-electron chi connectivity index (χ4n) is 4.30. The van der Waals surface area contributed by atoms with Gasteiger partial charge in [-0.25, -0.2) is 0 Å². The number of likely N-dealkylation sites (tertiary alicyclic amines) is 2. The van der Waals surface area contributed by atoms with Gasteiger partial charge in [-0.15, -0.1) is 0 Å². The number of β-amino-alcohol motifs (C(OH)–C–C–N with tert-alkyl or cyclic N) is 1. The van der Waals surface area contributed by atoms with Gasteiger partial charge in [0, 0.05) is 39.0 Å². The molecule has 1 aromatic rings. The molecule has 0 radical (unpaired) electrons. The highest BCUT2D eigenvalue weighted by molar-refractivity contribution is 5.78. The van der Waals surface area contributed by atoms with E-state index in [9.17, 15) is 9.59 Å². The number of aryl methyl sites for hydroxylation is 1. The molecule has 1 aromatic carbocycles. The number of ether oxygens (including phenoxy) is 1. The second kappa shape index (κ2) is 8.74. The number of benzene rings is 1. The summed E-state index contributed by atoms with van der Waals surface area (Å²) in [5.41, 5.74) is 1.23. The van der Waals surface area contributed by atoms with E-state index in [2.05, 4.69) is 0 Å². The third-order valence-corrected chi connectivity index (χ3v) is 6.06. The fourth-order valence-corrected chi connectivity index (χ4v) is 4.30. The lowest BCUT2D eigenvalue weighted by Crippen LogP contribution is -2.52. The lowest BCUT2D eigenvalue weighted by atomic mass is 9.72. The Morgan fingerprint density at radius 3 is 2.74 bits per heavy atom. The second-order valence-electron chi connectivity index (χ2n) is 7.77. The maximum atomic E-state index is 12.6. The van der Waals surface area contributed by atoms with Crippen molar-refractivity contribution >= 4 is 11.8 Å². The molecule has 2 heterocycles. The van der Waals surface area contributed by atoms with E-state index in [1.165, 1.54) is 0 Å². The third kappa shape index (κ3) is 4.80. The Kier molecular flexibility index (Phi) is 6.37.